The summed E-state index contributed by atoms with van der Waals surface area (Å²) in [6, 6.07) is 13.4. The van der Waals surface area contributed by atoms with Gasteiger partial charge in [-0.25, -0.2) is 0 Å². The van der Waals surface area contributed by atoms with Crippen LogP contribution in [-0.4, -0.2) is 34.6 Å². The smallest absolute Gasteiger partial charge is 0.285 e. The molecule has 0 heterocycles. The van der Waals surface area contributed by atoms with E-state index in [9.17, 15) is 20.2 Å². The van der Waals surface area contributed by atoms with Crippen molar-refractivity contribution in [1.29, 1.82) is 0 Å². The maximum Gasteiger partial charge on any atom is 0.285 e. The standard InChI is InChI=1S/C26H20Cl4N2O6S/c1-37-17-7-3-15(4-8-17)25(29)21(13-11-19(23(25)27)31(33)34)39-22-14-12-20(32(35)36)24(28)26(22,30)16-5-9-18(38-2)10-6-16/h3-14,21-22H,1-2H3. The van der Waals surface area contributed by atoms with Gasteiger partial charge in [0, 0.05) is 12.2 Å². The number of rotatable bonds is 8. The van der Waals surface area contributed by atoms with E-state index in [0.29, 0.717) is 22.6 Å². The van der Waals surface area contributed by atoms with Crippen LogP contribution in [0.15, 0.2) is 94.3 Å². The number of halogens is 4. The number of thioether (sulfide) groups is 1. The highest BCUT2D eigenvalue weighted by molar-refractivity contribution is 8.01. The van der Waals surface area contributed by atoms with Crippen LogP contribution in [0.3, 0.4) is 0 Å². The average molecular weight is 630 g/mol. The van der Waals surface area contributed by atoms with Crippen molar-refractivity contribution in [2.75, 3.05) is 14.2 Å². The number of hydrogen-bond acceptors (Lipinski definition) is 7. The van der Waals surface area contributed by atoms with Crippen LogP contribution >= 0.6 is 58.2 Å². The molecule has 0 spiro atoms. The lowest BCUT2D eigenvalue weighted by molar-refractivity contribution is -0.420. The molecule has 0 bridgehead atoms. The molecule has 13 heteroatoms. The zero-order chi connectivity index (χ0) is 28.5. The molecular formula is C26H20Cl4N2O6S. The van der Waals surface area contributed by atoms with Gasteiger partial charge in [-0.2, -0.15) is 0 Å². The van der Waals surface area contributed by atoms with E-state index in [2.05, 4.69) is 0 Å². The Morgan fingerprint density at radius 2 is 1.05 bits per heavy atom. The monoisotopic (exact) mass is 628 g/mol. The quantitative estimate of drug-likeness (QED) is 0.171. The first kappa shape index (κ1) is 29.3. The summed E-state index contributed by atoms with van der Waals surface area (Å²) in [7, 11) is 3.02. The molecule has 0 saturated heterocycles. The minimum atomic E-state index is -1.58. The lowest BCUT2D eigenvalue weighted by Gasteiger charge is -2.41. The number of nitro groups is 2. The number of benzene rings is 2. The third kappa shape index (κ3) is 5.14. The van der Waals surface area contributed by atoms with Crippen molar-refractivity contribution in [1.82, 2.24) is 0 Å². The molecule has 2 aromatic carbocycles. The molecule has 4 rings (SSSR count). The number of alkyl halides is 2. The Balaban J connectivity index is 1.83. The van der Waals surface area contributed by atoms with Crippen molar-refractivity contribution < 1.29 is 19.3 Å². The Morgan fingerprint density at radius 3 is 1.33 bits per heavy atom. The first-order valence-electron chi connectivity index (χ1n) is 11.3. The molecule has 0 N–H and O–H groups in total. The second kappa shape index (κ2) is 11.4. The zero-order valence-electron chi connectivity index (χ0n) is 20.3. The minimum Gasteiger partial charge on any atom is -0.497 e. The number of ether oxygens (including phenoxy) is 2. The topological polar surface area (TPSA) is 105 Å². The Morgan fingerprint density at radius 1 is 0.718 bits per heavy atom. The van der Waals surface area contributed by atoms with Crippen LogP contribution in [-0.2, 0) is 9.75 Å². The van der Waals surface area contributed by atoms with Gasteiger partial charge in [-0.15, -0.1) is 35.0 Å². The van der Waals surface area contributed by atoms with E-state index < -0.39 is 30.1 Å². The van der Waals surface area contributed by atoms with E-state index in [1.807, 2.05) is 0 Å². The summed E-state index contributed by atoms with van der Waals surface area (Å²) >= 11 is 28.9. The van der Waals surface area contributed by atoms with Crippen LogP contribution in [0, 0.1) is 20.2 Å². The summed E-state index contributed by atoms with van der Waals surface area (Å²) in [5.74, 6) is 1.12. The molecule has 0 saturated carbocycles. The number of nitrogens with zero attached hydrogens (tertiary/aromatic N) is 2. The molecule has 204 valence electrons. The van der Waals surface area contributed by atoms with Gasteiger partial charge in [0.05, 0.1) is 34.6 Å². The Kier molecular flexibility index (Phi) is 8.58. The van der Waals surface area contributed by atoms with Crippen LogP contribution in [0.25, 0.3) is 0 Å². The van der Waals surface area contributed by atoms with Gasteiger partial charge in [-0.3, -0.25) is 20.2 Å². The molecule has 0 fully saturated rings. The SMILES string of the molecule is COc1ccc(C2(Cl)C(Cl)=C([N+](=O)[O-])C=CC2SC2C=CC([N+](=O)[O-])=C(Cl)C2(Cl)c2ccc(OC)cc2)cc1. The maximum atomic E-state index is 11.8. The van der Waals surface area contributed by atoms with E-state index in [1.54, 1.807) is 60.7 Å². The van der Waals surface area contributed by atoms with Crippen LogP contribution < -0.4 is 9.47 Å². The zero-order valence-corrected chi connectivity index (χ0v) is 24.2. The van der Waals surface area contributed by atoms with Crippen LogP contribution in [0.4, 0.5) is 0 Å². The molecule has 2 aliphatic carbocycles. The predicted octanol–water partition coefficient (Wildman–Crippen LogP) is 7.34. The highest BCUT2D eigenvalue weighted by atomic mass is 35.5. The second-order valence-electron chi connectivity index (χ2n) is 8.49. The van der Waals surface area contributed by atoms with Crippen molar-refractivity contribution in [3.05, 3.63) is 126 Å². The van der Waals surface area contributed by atoms with Gasteiger partial charge in [0.1, 0.15) is 31.3 Å². The average Bonchev–Trinajstić information content (AvgIpc) is 2.93. The molecule has 0 aromatic heterocycles. The first-order chi connectivity index (χ1) is 18.5. The number of allylic oxidation sites excluding steroid dienone is 4. The molecule has 4 atom stereocenters. The van der Waals surface area contributed by atoms with Gasteiger partial charge < -0.3 is 9.47 Å². The van der Waals surface area contributed by atoms with Gasteiger partial charge in [0.25, 0.3) is 11.4 Å². The van der Waals surface area contributed by atoms with Crippen molar-refractivity contribution in [2.45, 2.75) is 20.2 Å². The normalized spacial score (nSPS) is 26.5. The fraction of sp³-hybridized carbons (Fsp3) is 0.231. The van der Waals surface area contributed by atoms with E-state index in [-0.39, 0.29) is 21.5 Å². The summed E-state index contributed by atoms with van der Waals surface area (Å²) in [6.07, 6.45) is 5.73. The highest BCUT2D eigenvalue weighted by Crippen LogP contribution is 2.57. The number of methoxy groups -OCH3 is 2. The predicted molar refractivity (Wildman–Crippen MR) is 154 cm³/mol. The fourth-order valence-corrected chi connectivity index (χ4v) is 7.64. The third-order valence-corrected chi connectivity index (χ3v) is 10.8. The lowest BCUT2D eigenvalue weighted by atomic mass is 9.89. The van der Waals surface area contributed by atoms with Gasteiger partial charge in [-0.1, -0.05) is 59.6 Å². The van der Waals surface area contributed by atoms with Crippen LogP contribution in [0.2, 0.25) is 0 Å². The van der Waals surface area contributed by atoms with Gasteiger partial charge in [-0.05, 0) is 35.4 Å². The summed E-state index contributed by atoms with van der Waals surface area (Å²) < 4.78 is 10.5. The molecule has 2 aliphatic rings. The van der Waals surface area contributed by atoms with Gasteiger partial charge in [0.2, 0.25) is 0 Å². The van der Waals surface area contributed by atoms with Gasteiger partial charge in [0.15, 0.2) is 0 Å². The fourth-order valence-electron chi connectivity index (χ4n) is 4.36. The molecule has 0 aliphatic heterocycles. The summed E-state index contributed by atoms with van der Waals surface area (Å²) in [5, 5.41) is 21.7. The lowest BCUT2D eigenvalue weighted by Crippen LogP contribution is -2.41. The summed E-state index contributed by atoms with van der Waals surface area (Å²) in [4.78, 5) is 19.1. The second-order valence-corrected chi connectivity index (χ2v) is 11.7. The Bertz CT molecular complexity index is 1320. The maximum absolute atomic E-state index is 11.8. The highest BCUT2D eigenvalue weighted by Gasteiger charge is 2.53. The molecule has 4 unspecified atom stereocenters. The third-order valence-electron chi connectivity index (χ3n) is 6.44. The summed E-state index contributed by atoms with van der Waals surface area (Å²) in [6.45, 7) is 0. The first-order valence-corrected chi connectivity index (χ1v) is 13.7. The van der Waals surface area contributed by atoms with E-state index in [4.69, 9.17) is 55.9 Å². The molecule has 0 radical (unpaired) electrons. The van der Waals surface area contributed by atoms with Crippen molar-refractivity contribution in [3.63, 3.8) is 0 Å². The van der Waals surface area contributed by atoms with Crippen molar-refractivity contribution in [2.24, 2.45) is 0 Å². The molecule has 0 amide bonds. The van der Waals surface area contributed by atoms with Gasteiger partial charge >= 0.3 is 0 Å². The summed E-state index contributed by atoms with van der Waals surface area (Å²) in [5.41, 5.74) is 0.264. The minimum absolute atomic E-state index is 0.184. The van der Waals surface area contributed by atoms with Crippen molar-refractivity contribution >= 4 is 58.2 Å². The molecule has 8 nitrogen and oxygen atoms in total. The van der Waals surface area contributed by atoms with Crippen LogP contribution in [0.5, 0.6) is 11.5 Å². The largest absolute Gasteiger partial charge is 0.497 e. The molecule has 2 aromatic rings. The van der Waals surface area contributed by atoms with E-state index in [0.717, 1.165) is 0 Å². The van der Waals surface area contributed by atoms with Crippen molar-refractivity contribution in [3.8, 4) is 11.5 Å². The Labute approximate surface area is 248 Å². The molecular weight excluding hydrogens is 610 g/mol. The van der Waals surface area contributed by atoms with Crippen LogP contribution in [0.1, 0.15) is 11.1 Å². The molecule has 39 heavy (non-hydrogen) atoms. The van der Waals surface area contributed by atoms with E-state index >= 15 is 0 Å². The number of hydrogen-bond donors (Lipinski definition) is 0. The Hall–Kier alpha value is -2.69. The van der Waals surface area contributed by atoms with E-state index in [1.165, 1.54) is 38.1 Å².